The number of aliphatic hydroxyl groups is 1. The van der Waals surface area contributed by atoms with E-state index in [1.165, 1.54) is 12.1 Å². The predicted octanol–water partition coefficient (Wildman–Crippen LogP) is 2.76. The highest BCUT2D eigenvalue weighted by molar-refractivity contribution is 6.30. The van der Waals surface area contributed by atoms with Gasteiger partial charge >= 0.3 is 6.03 Å². The summed E-state index contributed by atoms with van der Waals surface area (Å²) in [6.45, 7) is 1.64. The molecule has 1 atom stereocenters. The molecular weight excluding hydrogens is 271 g/mol. The molecule has 6 heteroatoms. The van der Waals surface area contributed by atoms with Crippen molar-refractivity contribution in [2.24, 2.45) is 5.92 Å². The monoisotopic (exact) mass is 286 g/mol. The highest BCUT2D eigenvalue weighted by atomic mass is 35.5. The topological polar surface area (TPSA) is 61.4 Å². The minimum Gasteiger partial charge on any atom is -0.394 e. The third kappa shape index (κ3) is 3.36. The molecule has 1 fully saturated rings. The molecule has 0 saturated heterocycles. The van der Waals surface area contributed by atoms with Gasteiger partial charge in [-0.2, -0.15) is 0 Å². The molecule has 0 aliphatic heterocycles. The number of nitrogens with one attached hydrogen (secondary N) is 2. The van der Waals surface area contributed by atoms with Crippen molar-refractivity contribution in [1.29, 1.82) is 0 Å². The minimum absolute atomic E-state index is 0.0537. The van der Waals surface area contributed by atoms with Crippen LogP contribution in [-0.2, 0) is 0 Å². The third-order valence-electron chi connectivity index (χ3n) is 3.39. The van der Waals surface area contributed by atoms with Gasteiger partial charge in [-0.3, -0.25) is 0 Å². The number of benzene rings is 1. The molecule has 1 aromatic rings. The van der Waals surface area contributed by atoms with Crippen molar-refractivity contribution < 1.29 is 14.3 Å². The van der Waals surface area contributed by atoms with Crippen LogP contribution in [0.5, 0.6) is 0 Å². The van der Waals surface area contributed by atoms with Crippen LogP contribution in [0.3, 0.4) is 0 Å². The fourth-order valence-corrected chi connectivity index (χ4v) is 2.15. The predicted molar refractivity (Wildman–Crippen MR) is 71.8 cm³/mol. The summed E-state index contributed by atoms with van der Waals surface area (Å²) in [5, 5.41) is 14.7. The number of carbonyl (C=O) groups excluding carboxylic acids is 1. The van der Waals surface area contributed by atoms with Gasteiger partial charge in [0.15, 0.2) is 0 Å². The van der Waals surface area contributed by atoms with Gasteiger partial charge in [-0.05, 0) is 43.9 Å². The Morgan fingerprint density at radius 2 is 2.26 bits per heavy atom. The molecule has 0 spiro atoms. The van der Waals surface area contributed by atoms with Gasteiger partial charge in [0.25, 0.3) is 0 Å². The highest BCUT2D eigenvalue weighted by Gasteiger charge is 2.42. The van der Waals surface area contributed by atoms with Gasteiger partial charge in [-0.25, -0.2) is 9.18 Å². The maximum Gasteiger partial charge on any atom is 0.319 e. The Kier molecular flexibility index (Phi) is 3.96. The van der Waals surface area contributed by atoms with E-state index in [9.17, 15) is 14.3 Å². The number of hydrogen-bond acceptors (Lipinski definition) is 2. The van der Waals surface area contributed by atoms with Gasteiger partial charge in [-0.15, -0.1) is 0 Å². The molecule has 1 saturated carbocycles. The van der Waals surface area contributed by atoms with E-state index in [0.29, 0.717) is 0 Å². The Morgan fingerprint density at radius 1 is 1.58 bits per heavy atom. The number of rotatable bonds is 4. The Hall–Kier alpha value is -1.33. The van der Waals surface area contributed by atoms with E-state index >= 15 is 0 Å². The molecule has 2 rings (SSSR count). The molecule has 0 aromatic heterocycles. The van der Waals surface area contributed by atoms with Crippen molar-refractivity contribution in [2.75, 3.05) is 11.9 Å². The second-order valence-corrected chi connectivity index (χ2v) is 5.49. The molecule has 19 heavy (non-hydrogen) atoms. The molecule has 1 aliphatic carbocycles. The average Bonchev–Trinajstić information content (AvgIpc) is 3.17. The first kappa shape index (κ1) is 14.1. The maximum atomic E-state index is 13.5. The minimum atomic E-state index is -0.660. The average molecular weight is 287 g/mol. The van der Waals surface area contributed by atoms with Gasteiger partial charge in [0.05, 0.1) is 17.8 Å². The van der Waals surface area contributed by atoms with Crippen LogP contribution >= 0.6 is 11.6 Å². The number of aliphatic hydroxyl groups excluding tert-OH is 1. The van der Waals surface area contributed by atoms with Gasteiger partial charge in [0, 0.05) is 5.02 Å². The van der Waals surface area contributed by atoms with Crippen molar-refractivity contribution in [3.8, 4) is 0 Å². The van der Waals surface area contributed by atoms with Crippen LogP contribution in [-0.4, -0.2) is 23.3 Å². The lowest BCUT2D eigenvalue weighted by molar-refractivity contribution is 0.159. The molecule has 4 nitrogen and oxygen atoms in total. The summed E-state index contributed by atoms with van der Waals surface area (Å²) in [4.78, 5) is 11.8. The zero-order valence-electron chi connectivity index (χ0n) is 10.5. The molecule has 1 aliphatic rings. The number of carbonyl (C=O) groups is 1. The molecule has 0 bridgehead atoms. The summed E-state index contributed by atoms with van der Waals surface area (Å²) in [7, 11) is 0. The standard InChI is InChI=1S/C13H16ClFN2O2/c1-13(7-18,8-2-3-8)17-12(19)16-11-5-4-9(14)6-10(11)15/h4-6,8,18H,2-3,7H2,1H3,(H2,16,17,19). The smallest absolute Gasteiger partial charge is 0.319 e. The van der Waals surface area contributed by atoms with Crippen LogP contribution < -0.4 is 10.6 Å². The Bertz CT molecular complexity index is 494. The number of urea groups is 1. The molecule has 0 radical (unpaired) electrons. The zero-order chi connectivity index (χ0) is 14.0. The summed E-state index contributed by atoms with van der Waals surface area (Å²) in [5.41, 5.74) is -0.606. The van der Waals surface area contributed by atoms with Crippen molar-refractivity contribution in [3.05, 3.63) is 29.0 Å². The second kappa shape index (κ2) is 5.35. The van der Waals surface area contributed by atoms with Crippen molar-refractivity contribution in [2.45, 2.75) is 25.3 Å². The summed E-state index contributed by atoms with van der Waals surface area (Å²) in [6, 6.07) is 3.48. The fourth-order valence-electron chi connectivity index (χ4n) is 1.99. The number of amides is 2. The summed E-state index contributed by atoms with van der Waals surface area (Å²) in [5.74, 6) is -0.321. The van der Waals surface area contributed by atoms with E-state index in [2.05, 4.69) is 10.6 Å². The zero-order valence-corrected chi connectivity index (χ0v) is 11.3. The van der Waals surface area contributed by atoms with E-state index in [4.69, 9.17) is 11.6 Å². The highest BCUT2D eigenvalue weighted by Crippen LogP contribution is 2.39. The Balaban J connectivity index is 2.00. The Morgan fingerprint density at radius 3 is 2.79 bits per heavy atom. The van der Waals surface area contributed by atoms with Gasteiger partial charge in [-0.1, -0.05) is 11.6 Å². The number of halogens is 2. The molecule has 1 unspecified atom stereocenters. The summed E-state index contributed by atoms with van der Waals surface area (Å²) in [6.07, 6.45) is 1.96. The summed E-state index contributed by atoms with van der Waals surface area (Å²) < 4.78 is 13.5. The van der Waals surface area contributed by atoms with E-state index in [-0.39, 0.29) is 23.2 Å². The SMILES string of the molecule is CC(CO)(NC(=O)Nc1ccc(Cl)cc1F)C1CC1. The normalized spacial score (nSPS) is 17.7. The van der Waals surface area contributed by atoms with Crippen LogP contribution in [0.15, 0.2) is 18.2 Å². The van der Waals surface area contributed by atoms with Crippen LogP contribution in [0.2, 0.25) is 5.02 Å². The first-order chi connectivity index (χ1) is 8.94. The van der Waals surface area contributed by atoms with Crippen molar-refractivity contribution in [1.82, 2.24) is 5.32 Å². The van der Waals surface area contributed by atoms with Crippen LogP contribution in [0.25, 0.3) is 0 Å². The number of hydrogen-bond donors (Lipinski definition) is 3. The van der Waals surface area contributed by atoms with E-state index in [0.717, 1.165) is 18.9 Å². The number of anilines is 1. The van der Waals surface area contributed by atoms with E-state index in [1.54, 1.807) is 6.92 Å². The third-order valence-corrected chi connectivity index (χ3v) is 3.62. The maximum absolute atomic E-state index is 13.5. The first-order valence-corrected chi connectivity index (χ1v) is 6.47. The lowest BCUT2D eigenvalue weighted by atomic mass is 9.97. The van der Waals surface area contributed by atoms with Gasteiger partial charge in [0.1, 0.15) is 5.82 Å². The fraction of sp³-hybridized carbons (Fsp3) is 0.462. The van der Waals surface area contributed by atoms with Gasteiger partial charge in [0.2, 0.25) is 0 Å². The molecule has 0 heterocycles. The molecule has 1 aromatic carbocycles. The van der Waals surface area contributed by atoms with Crippen molar-refractivity contribution in [3.63, 3.8) is 0 Å². The largest absolute Gasteiger partial charge is 0.394 e. The van der Waals surface area contributed by atoms with Crippen LogP contribution in [0.1, 0.15) is 19.8 Å². The van der Waals surface area contributed by atoms with Crippen LogP contribution in [0.4, 0.5) is 14.9 Å². The van der Waals surface area contributed by atoms with E-state index in [1.807, 2.05) is 0 Å². The molecule has 2 amide bonds. The van der Waals surface area contributed by atoms with Crippen LogP contribution in [0, 0.1) is 11.7 Å². The quantitative estimate of drug-likeness (QED) is 0.797. The lowest BCUT2D eigenvalue weighted by Crippen LogP contribution is -2.52. The molecular formula is C13H16ClFN2O2. The lowest BCUT2D eigenvalue weighted by Gasteiger charge is -2.28. The first-order valence-electron chi connectivity index (χ1n) is 6.10. The van der Waals surface area contributed by atoms with Crippen molar-refractivity contribution >= 4 is 23.3 Å². The van der Waals surface area contributed by atoms with Gasteiger partial charge < -0.3 is 15.7 Å². The molecule has 104 valence electrons. The molecule has 3 N–H and O–H groups in total. The Labute approximate surface area is 116 Å². The second-order valence-electron chi connectivity index (χ2n) is 5.05. The van der Waals surface area contributed by atoms with E-state index < -0.39 is 17.4 Å². The summed E-state index contributed by atoms with van der Waals surface area (Å²) >= 11 is 5.63.